The first-order valence-electron chi connectivity index (χ1n) is 10.5. The summed E-state index contributed by atoms with van der Waals surface area (Å²) in [6.45, 7) is 3.73. The van der Waals surface area contributed by atoms with Gasteiger partial charge in [-0.25, -0.2) is 0 Å². The normalized spacial score (nSPS) is 50.7. The number of hydrogen-bond donors (Lipinski definition) is 1. The third-order valence-electron chi connectivity index (χ3n) is 8.72. The smallest absolute Gasteiger partial charge is 0.304 e. The molecule has 1 aliphatic carbocycles. The highest BCUT2D eigenvalue weighted by atomic mass is 16.6. The molecule has 5 heterocycles. The molecule has 3 unspecified atom stereocenters. The van der Waals surface area contributed by atoms with E-state index in [1.807, 2.05) is 0 Å². The van der Waals surface area contributed by atoms with Crippen LogP contribution in [0, 0.1) is 17.8 Å². The molecule has 0 radical (unpaired) electrons. The number of likely N-dealkylation sites (N-methyl/N-ethyl adjacent to an activating group) is 1. The summed E-state index contributed by atoms with van der Waals surface area (Å²) in [5.41, 5.74) is 2.43. The Morgan fingerprint density at radius 1 is 1.33 bits per heavy atom. The van der Waals surface area contributed by atoms with Crippen LogP contribution in [0.5, 0.6) is 0 Å². The van der Waals surface area contributed by atoms with Crippen LogP contribution in [0.25, 0.3) is 0 Å². The lowest BCUT2D eigenvalue weighted by Crippen LogP contribution is -2.73. The predicted molar refractivity (Wildman–Crippen MR) is 101 cm³/mol. The molecule has 27 heavy (non-hydrogen) atoms. The number of fused-ring (bicyclic) bond motifs is 2. The number of para-hydroxylation sites is 1. The summed E-state index contributed by atoms with van der Waals surface area (Å²) < 4.78 is 5.91. The van der Waals surface area contributed by atoms with Gasteiger partial charge < -0.3 is 14.7 Å². The zero-order valence-corrected chi connectivity index (χ0v) is 16.2. The van der Waals surface area contributed by atoms with E-state index in [1.54, 1.807) is 0 Å². The van der Waals surface area contributed by atoms with Crippen molar-refractivity contribution in [3.05, 3.63) is 29.8 Å². The Labute approximate surface area is 160 Å². The summed E-state index contributed by atoms with van der Waals surface area (Å²) in [5.74, 6) is 0.882. The second kappa shape index (κ2) is 5.06. The van der Waals surface area contributed by atoms with Gasteiger partial charge in [-0.05, 0) is 36.8 Å². The van der Waals surface area contributed by atoms with Crippen LogP contribution in [0.4, 0.5) is 5.69 Å². The summed E-state index contributed by atoms with van der Waals surface area (Å²) in [7, 11) is 2.18. The minimum atomic E-state index is -0.314. The third kappa shape index (κ3) is 1.64. The molecular weight excluding hydrogens is 340 g/mol. The molecule has 4 saturated heterocycles. The van der Waals surface area contributed by atoms with E-state index in [-0.39, 0.29) is 29.8 Å². The molecule has 1 spiro atoms. The molecule has 1 aromatic carbocycles. The lowest BCUT2D eigenvalue weighted by molar-refractivity contribution is -0.228. The molecule has 1 N–H and O–H groups in total. The number of carbonyl (C=O) groups excluding carboxylic acids is 1. The van der Waals surface area contributed by atoms with E-state index in [2.05, 4.69) is 48.0 Å². The lowest BCUT2D eigenvalue weighted by Gasteiger charge is -2.62. The highest BCUT2D eigenvalue weighted by molar-refractivity contribution is 5.68. The fourth-order valence-corrected chi connectivity index (χ4v) is 8.16. The van der Waals surface area contributed by atoms with E-state index < -0.39 is 0 Å². The molecule has 7 rings (SSSR count). The SMILES string of the molecule is CC[C@H]1[C@@H]2C[C@H]3[C@@H]4N(C)c5ccccc5[C@]45C[C@@H](C2C5O)N3[C@@H]1OC(C)=O. The fraction of sp³-hybridized carbons (Fsp3) is 0.682. The van der Waals surface area contributed by atoms with Crippen molar-refractivity contribution in [3.8, 4) is 0 Å². The number of ether oxygens (including phenoxy) is 1. The van der Waals surface area contributed by atoms with E-state index in [4.69, 9.17) is 4.74 Å². The molecule has 10 atom stereocenters. The van der Waals surface area contributed by atoms with E-state index in [0.717, 1.165) is 19.3 Å². The first kappa shape index (κ1) is 16.4. The number of aliphatic hydroxyl groups is 1. The molecule has 144 valence electrons. The molecule has 1 aromatic rings. The summed E-state index contributed by atoms with van der Waals surface area (Å²) in [4.78, 5) is 16.8. The molecule has 6 aliphatic rings. The zero-order chi connectivity index (χ0) is 18.7. The number of esters is 1. The Hall–Kier alpha value is -1.59. The quantitative estimate of drug-likeness (QED) is 0.811. The van der Waals surface area contributed by atoms with Gasteiger partial charge in [-0.15, -0.1) is 0 Å². The van der Waals surface area contributed by atoms with Crippen molar-refractivity contribution in [2.75, 3.05) is 11.9 Å². The molecule has 0 amide bonds. The average molecular weight is 368 g/mol. The largest absolute Gasteiger partial charge is 0.446 e. The first-order chi connectivity index (χ1) is 13.0. The predicted octanol–water partition coefficient (Wildman–Crippen LogP) is 2.13. The van der Waals surface area contributed by atoms with Crippen molar-refractivity contribution in [1.82, 2.24) is 4.90 Å². The van der Waals surface area contributed by atoms with Crippen LogP contribution < -0.4 is 4.90 Å². The van der Waals surface area contributed by atoms with Crippen molar-refractivity contribution in [2.24, 2.45) is 17.8 Å². The van der Waals surface area contributed by atoms with Gasteiger partial charge in [-0.1, -0.05) is 25.1 Å². The summed E-state index contributed by atoms with van der Waals surface area (Å²) >= 11 is 0. The monoisotopic (exact) mass is 368 g/mol. The van der Waals surface area contributed by atoms with Gasteiger partial charge in [0, 0.05) is 49.0 Å². The molecule has 1 saturated carbocycles. The highest BCUT2D eigenvalue weighted by Gasteiger charge is 2.76. The average Bonchev–Trinajstić information content (AvgIpc) is 3.04. The minimum Gasteiger partial charge on any atom is -0.446 e. The molecule has 0 aromatic heterocycles. The van der Waals surface area contributed by atoms with Crippen LogP contribution in [0.15, 0.2) is 24.3 Å². The Morgan fingerprint density at radius 3 is 2.85 bits per heavy atom. The number of rotatable bonds is 2. The number of hydrogen-bond acceptors (Lipinski definition) is 5. The Bertz CT molecular complexity index is 828. The van der Waals surface area contributed by atoms with Gasteiger partial charge in [-0.3, -0.25) is 9.69 Å². The second-order valence-corrected chi connectivity index (χ2v) is 9.39. The van der Waals surface area contributed by atoms with Crippen LogP contribution in [0.2, 0.25) is 0 Å². The van der Waals surface area contributed by atoms with Gasteiger partial charge in [0.1, 0.15) is 0 Å². The Morgan fingerprint density at radius 2 is 2.11 bits per heavy atom. The summed E-state index contributed by atoms with van der Waals surface area (Å²) in [5, 5.41) is 11.8. The van der Waals surface area contributed by atoms with Gasteiger partial charge >= 0.3 is 5.97 Å². The van der Waals surface area contributed by atoms with Crippen LogP contribution in [0.3, 0.4) is 0 Å². The highest BCUT2D eigenvalue weighted by Crippen LogP contribution is 2.69. The first-order valence-corrected chi connectivity index (χ1v) is 10.5. The third-order valence-corrected chi connectivity index (χ3v) is 8.72. The number of nitrogens with zero attached hydrogens (tertiary/aromatic N) is 2. The molecule has 5 nitrogen and oxygen atoms in total. The van der Waals surface area contributed by atoms with Gasteiger partial charge in [0.05, 0.1) is 12.1 Å². The Balaban J connectivity index is 1.54. The fourth-order valence-electron chi connectivity index (χ4n) is 8.16. The summed E-state index contributed by atoms with van der Waals surface area (Å²) in [6.07, 6.45) is 2.64. The van der Waals surface area contributed by atoms with Crippen molar-refractivity contribution in [3.63, 3.8) is 0 Å². The minimum absolute atomic E-state index is 0.127. The maximum Gasteiger partial charge on any atom is 0.304 e. The number of carbonyl (C=O) groups is 1. The van der Waals surface area contributed by atoms with Gasteiger partial charge in [-0.2, -0.15) is 0 Å². The Kier molecular flexibility index (Phi) is 3.07. The molecule has 5 aliphatic heterocycles. The van der Waals surface area contributed by atoms with Gasteiger partial charge in [0.15, 0.2) is 6.23 Å². The van der Waals surface area contributed by atoms with Crippen molar-refractivity contribution >= 4 is 11.7 Å². The standard InChI is InChI=1S/C22H28N2O3/c1-4-12-13-9-16-19-22(14-7-5-6-8-15(14)23(19)3)10-17(18(13)20(22)26)24(16)21(12)27-11(2)25/h5-8,12-13,16-21,26H,4,9-10H2,1-3H3/t12-,13-,16-,17-,18?,19-,20?,21+,22+/m0/s1. The van der Waals surface area contributed by atoms with Gasteiger partial charge in [0.25, 0.3) is 0 Å². The maximum absolute atomic E-state index is 11.9. The zero-order valence-electron chi connectivity index (χ0n) is 16.2. The number of aliphatic hydroxyl groups excluding tert-OH is 1. The van der Waals surface area contributed by atoms with E-state index in [9.17, 15) is 9.90 Å². The van der Waals surface area contributed by atoms with Crippen LogP contribution in [0.1, 0.15) is 38.7 Å². The molecule has 5 fully saturated rings. The molecular formula is C22H28N2O3. The number of anilines is 1. The van der Waals surface area contributed by atoms with Crippen LogP contribution >= 0.6 is 0 Å². The van der Waals surface area contributed by atoms with Crippen molar-refractivity contribution in [2.45, 2.75) is 69.0 Å². The molecule has 5 bridgehead atoms. The number of piperidine rings is 4. The van der Waals surface area contributed by atoms with Crippen LogP contribution in [-0.2, 0) is 14.9 Å². The second-order valence-electron chi connectivity index (χ2n) is 9.39. The van der Waals surface area contributed by atoms with E-state index in [1.165, 1.54) is 18.2 Å². The number of benzene rings is 1. The maximum atomic E-state index is 11.9. The van der Waals surface area contributed by atoms with Crippen molar-refractivity contribution < 1.29 is 14.6 Å². The van der Waals surface area contributed by atoms with Crippen molar-refractivity contribution in [1.29, 1.82) is 0 Å². The van der Waals surface area contributed by atoms with E-state index in [0.29, 0.717) is 29.8 Å². The van der Waals surface area contributed by atoms with Gasteiger partial charge in [0.2, 0.25) is 0 Å². The molecule has 5 heteroatoms. The van der Waals surface area contributed by atoms with Crippen LogP contribution in [-0.4, -0.2) is 53.5 Å². The summed E-state index contributed by atoms with van der Waals surface area (Å²) in [6, 6.07) is 9.57. The lowest BCUT2D eigenvalue weighted by atomic mass is 9.62. The van der Waals surface area contributed by atoms with E-state index >= 15 is 0 Å². The topological polar surface area (TPSA) is 53.0 Å².